The first-order valence-electron chi connectivity index (χ1n) is 19.8. The number of aliphatic hydroxyl groups excluding tert-OH is 1. The zero-order chi connectivity index (χ0) is 35.6. The normalized spacial score (nSPS) is 13.4. The second kappa shape index (κ2) is 41.5. The molecular formula is C45H74O4. The fraction of sp³-hybridized carbons (Fsp3) is 0.622. The Balaban J connectivity index is 3.62. The Bertz CT molecular complexity index is 934. The van der Waals surface area contributed by atoms with Gasteiger partial charge in [-0.2, -0.15) is 0 Å². The standard InChI is InChI=1S/C45H74O4/c1-3-5-7-9-11-13-15-17-19-21-22-23-24-25-26-28-30-32-34-36-38-40-45(47)49-44(42-46)43-48-41-39-37-35-33-31-29-27-20-18-16-14-12-10-8-6-4-2/h6,8,12,14-15,17-18,20-22,24-25,29,31,35,37,44,46H,3-5,7,9-11,13,16,19,23,26-28,30,32-34,36,38-43H2,1-2H3/b8-6-,14-12-,17-15-,20-18-,22-21-,25-24-,31-29-,37-35-. The Hall–Kier alpha value is -2.69. The van der Waals surface area contributed by atoms with E-state index in [0.717, 1.165) is 77.0 Å². The first-order chi connectivity index (χ1) is 24.2. The van der Waals surface area contributed by atoms with Crippen molar-refractivity contribution in [1.82, 2.24) is 0 Å². The van der Waals surface area contributed by atoms with Crippen LogP contribution in [0.2, 0.25) is 0 Å². The average Bonchev–Trinajstić information content (AvgIpc) is 3.11. The molecule has 0 aromatic carbocycles. The van der Waals surface area contributed by atoms with E-state index in [1.54, 1.807) is 0 Å². The maximum absolute atomic E-state index is 12.2. The van der Waals surface area contributed by atoms with Crippen molar-refractivity contribution in [3.63, 3.8) is 0 Å². The summed E-state index contributed by atoms with van der Waals surface area (Å²) in [5.74, 6) is -0.242. The van der Waals surface area contributed by atoms with Gasteiger partial charge in [-0.05, 0) is 83.5 Å². The first kappa shape index (κ1) is 46.3. The second-order valence-electron chi connectivity index (χ2n) is 12.6. The van der Waals surface area contributed by atoms with E-state index in [-0.39, 0.29) is 19.2 Å². The van der Waals surface area contributed by atoms with Gasteiger partial charge in [0.15, 0.2) is 0 Å². The number of unbranched alkanes of at least 4 members (excludes halogenated alkanes) is 11. The minimum atomic E-state index is -0.587. The number of carbonyl (C=O) groups excluding carboxylic acids is 1. The molecule has 0 aliphatic rings. The van der Waals surface area contributed by atoms with Crippen LogP contribution in [0.1, 0.15) is 155 Å². The van der Waals surface area contributed by atoms with Crippen LogP contribution >= 0.6 is 0 Å². The fourth-order valence-electron chi connectivity index (χ4n) is 4.99. The molecule has 0 heterocycles. The van der Waals surface area contributed by atoms with Gasteiger partial charge in [0.25, 0.3) is 0 Å². The lowest BCUT2D eigenvalue weighted by Gasteiger charge is -2.15. The Morgan fingerprint density at radius 1 is 0.510 bits per heavy atom. The minimum Gasteiger partial charge on any atom is -0.457 e. The third kappa shape index (κ3) is 39.6. The second-order valence-corrected chi connectivity index (χ2v) is 12.6. The molecule has 0 fully saturated rings. The molecule has 49 heavy (non-hydrogen) atoms. The highest BCUT2D eigenvalue weighted by molar-refractivity contribution is 5.69. The molecule has 0 aromatic heterocycles. The van der Waals surface area contributed by atoms with Gasteiger partial charge in [0, 0.05) is 6.42 Å². The summed E-state index contributed by atoms with van der Waals surface area (Å²) in [6.07, 6.45) is 59.0. The van der Waals surface area contributed by atoms with E-state index in [1.807, 2.05) is 0 Å². The zero-order valence-electron chi connectivity index (χ0n) is 31.7. The SMILES string of the molecule is CC/C=C\C/C=C\C/C=C\C/C=C\C/C=C\CCOCC(CO)OC(=O)CCCCCCCC/C=C\C/C=C\C/C=C\CCCCCCC. The highest BCUT2D eigenvalue weighted by Crippen LogP contribution is 2.11. The summed E-state index contributed by atoms with van der Waals surface area (Å²) in [6, 6.07) is 0. The van der Waals surface area contributed by atoms with E-state index in [9.17, 15) is 9.90 Å². The van der Waals surface area contributed by atoms with Crippen molar-refractivity contribution in [2.45, 2.75) is 161 Å². The Kier molecular flexibility index (Phi) is 39.2. The molecule has 0 radical (unpaired) electrons. The van der Waals surface area contributed by atoms with Crippen molar-refractivity contribution in [1.29, 1.82) is 0 Å². The van der Waals surface area contributed by atoms with Gasteiger partial charge in [-0.1, -0.05) is 162 Å². The maximum atomic E-state index is 12.2. The summed E-state index contributed by atoms with van der Waals surface area (Å²) in [5, 5.41) is 9.57. The lowest BCUT2D eigenvalue weighted by Crippen LogP contribution is -2.27. The predicted molar refractivity (Wildman–Crippen MR) is 214 cm³/mol. The van der Waals surface area contributed by atoms with E-state index in [2.05, 4.69) is 111 Å². The molecule has 0 rings (SSSR count). The van der Waals surface area contributed by atoms with Gasteiger partial charge in [-0.15, -0.1) is 0 Å². The highest BCUT2D eigenvalue weighted by Gasteiger charge is 2.13. The molecule has 4 nitrogen and oxygen atoms in total. The van der Waals surface area contributed by atoms with Crippen LogP contribution in [0.5, 0.6) is 0 Å². The van der Waals surface area contributed by atoms with Crippen LogP contribution in [0.25, 0.3) is 0 Å². The van der Waals surface area contributed by atoms with Crippen LogP contribution in [0.4, 0.5) is 0 Å². The summed E-state index contributed by atoms with van der Waals surface area (Å²) < 4.78 is 11.0. The van der Waals surface area contributed by atoms with Crippen LogP contribution in [0.15, 0.2) is 97.2 Å². The number of esters is 1. The van der Waals surface area contributed by atoms with E-state index in [0.29, 0.717) is 13.0 Å². The minimum absolute atomic E-state index is 0.213. The van der Waals surface area contributed by atoms with Crippen molar-refractivity contribution in [3.8, 4) is 0 Å². The third-order valence-corrected chi connectivity index (χ3v) is 7.91. The van der Waals surface area contributed by atoms with Crippen LogP contribution in [0, 0.1) is 0 Å². The number of rotatable bonds is 35. The molecule has 0 aromatic rings. The van der Waals surface area contributed by atoms with E-state index in [4.69, 9.17) is 9.47 Å². The molecule has 278 valence electrons. The third-order valence-electron chi connectivity index (χ3n) is 7.91. The molecule has 1 N–H and O–H groups in total. The number of carbonyl (C=O) groups is 1. The van der Waals surface area contributed by atoms with E-state index in [1.165, 1.54) is 57.8 Å². The topological polar surface area (TPSA) is 55.8 Å². The molecule has 0 amide bonds. The van der Waals surface area contributed by atoms with Crippen molar-refractivity contribution in [2.75, 3.05) is 19.8 Å². The number of hydrogen-bond acceptors (Lipinski definition) is 4. The lowest BCUT2D eigenvalue weighted by molar-refractivity contribution is -0.154. The van der Waals surface area contributed by atoms with Gasteiger partial charge in [0.2, 0.25) is 0 Å². The van der Waals surface area contributed by atoms with Gasteiger partial charge >= 0.3 is 5.97 Å². The maximum Gasteiger partial charge on any atom is 0.306 e. The lowest BCUT2D eigenvalue weighted by atomic mass is 10.1. The summed E-state index contributed by atoms with van der Waals surface area (Å²) in [6.45, 7) is 4.98. The van der Waals surface area contributed by atoms with Crippen molar-refractivity contribution in [2.24, 2.45) is 0 Å². The largest absolute Gasteiger partial charge is 0.457 e. The molecule has 4 heteroatoms. The molecule has 0 aliphatic carbocycles. The number of aliphatic hydroxyl groups is 1. The van der Waals surface area contributed by atoms with Crippen molar-refractivity contribution >= 4 is 5.97 Å². The first-order valence-corrected chi connectivity index (χ1v) is 19.8. The number of allylic oxidation sites excluding steroid dienone is 15. The fourth-order valence-corrected chi connectivity index (χ4v) is 4.99. The molecule has 1 unspecified atom stereocenters. The number of ether oxygens (including phenoxy) is 2. The summed E-state index contributed by atoms with van der Waals surface area (Å²) in [4.78, 5) is 12.2. The molecule has 1 atom stereocenters. The van der Waals surface area contributed by atoms with Crippen LogP contribution < -0.4 is 0 Å². The average molecular weight is 679 g/mol. The quantitative estimate of drug-likeness (QED) is 0.0412. The monoisotopic (exact) mass is 679 g/mol. The predicted octanol–water partition coefficient (Wildman–Crippen LogP) is 13.0. The van der Waals surface area contributed by atoms with Gasteiger partial charge in [0.05, 0.1) is 19.8 Å². The Morgan fingerprint density at radius 2 is 0.918 bits per heavy atom. The van der Waals surface area contributed by atoms with Crippen LogP contribution in [-0.4, -0.2) is 37.0 Å². The van der Waals surface area contributed by atoms with Gasteiger partial charge in [0.1, 0.15) is 6.10 Å². The highest BCUT2D eigenvalue weighted by atomic mass is 16.6. The van der Waals surface area contributed by atoms with Crippen molar-refractivity contribution < 1.29 is 19.4 Å². The van der Waals surface area contributed by atoms with Gasteiger partial charge < -0.3 is 14.6 Å². The zero-order valence-corrected chi connectivity index (χ0v) is 31.7. The van der Waals surface area contributed by atoms with Crippen LogP contribution in [0.3, 0.4) is 0 Å². The molecule has 0 saturated heterocycles. The van der Waals surface area contributed by atoms with E-state index < -0.39 is 6.10 Å². The smallest absolute Gasteiger partial charge is 0.306 e. The van der Waals surface area contributed by atoms with E-state index >= 15 is 0 Å². The molecule has 0 bridgehead atoms. The van der Waals surface area contributed by atoms with Crippen molar-refractivity contribution in [3.05, 3.63) is 97.2 Å². The summed E-state index contributed by atoms with van der Waals surface area (Å²) >= 11 is 0. The summed E-state index contributed by atoms with van der Waals surface area (Å²) in [7, 11) is 0. The van der Waals surface area contributed by atoms with Gasteiger partial charge in [-0.25, -0.2) is 0 Å². The van der Waals surface area contributed by atoms with Gasteiger partial charge in [-0.3, -0.25) is 4.79 Å². The van der Waals surface area contributed by atoms with Crippen LogP contribution in [-0.2, 0) is 14.3 Å². The molecule has 0 aliphatic heterocycles. The number of hydrogen-bond donors (Lipinski definition) is 1. The summed E-state index contributed by atoms with van der Waals surface area (Å²) in [5.41, 5.74) is 0. The Morgan fingerprint density at radius 3 is 1.39 bits per heavy atom. The molecule has 0 saturated carbocycles. The Labute approximate surface area is 302 Å². The molecular weight excluding hydrogens is 604 g/mol. The molecule has 0 spiro atoms.